The first-order valence-corrected chi connectivity index (χ1v) is 9.43. The quantitative estimate of drug-likeness (QED) is 0.415. The average molecular weight is 374 g/mol. The first-order chi connectivity index (χ1) is 13.4. The van der Waals surface area contributed by atoms with Crippen LogP contribution in [0.2, 0.25) is 0 Å². The van der Waals surface area contributed by atoms with Gasteiger partial charge in [-0.05, 0) is 60.4 Å². The molecule has 0 radical (unpaired) electrons. The molecule has 0 atom stereocenters. The van der Waals surface area contributed by atoms with Gasteiger partial charge in [0, 0.05) is 5.41 Å². The van der Waals surface area contributed by atoms with E-state index in [2.05, 4.69) is 38.1 Å². The Kier molecular flexibility index (Phi) is 5.84. The van der Waals surface area contributed by atoms with Gasteiger partial charge in [-0.3, -0.25) is 0 Å². The molecule has 3 aromatic rings. The number of aryl methyl sites for hydroxylation is 2. The second kappa shape index (κ2) is 8.30. The van der Waals surface area contributed by atoms with E-state index in [-0.39, 0.29) is 12.0 Å². The molecule has 3 nitrogen and oxygen atoms in total. The van der Waals surface area contributed by atoms with Crippen LogP contribution in [0.5, 0.6) is 11.5 Å². The summed E-state index contributed by atoms with van der Waals surface area (Å²) >= 11 is 0. The van der Waals surface area contributed by atoms with Crippen LogP contribution in [0.1, 0.15) is 36.1 Å². The van der Waals surface area contributed by atoms with Gasteiger partial charge in [0.1, 0.15) is 11.5 Å². The Hall–Kier alpha value is -3.07. The van der Waals surface area contributed by atoms with E-state index in [0.717, 1.165) is 11.1 Å². The lowest BCUT2D eigenvalue weighted by atomic mass is 9.78. The van der Waals surface area contributed by atoms with Gasteiger partial charge in [-0.1, -0.05) is 62.4 Å². The van der Waals surface area contributed by atoms with Crippen molar-refractivity contribution in [1.29, 1.82) is 0 Å². The molecule has 0 amide bonds. The molecule has 0 bridgehead atoms. The van der Waals surface area contributed by atoms with E-state index in [1.165, 1.54) is 11.1 Å². The van der Waals surface area contributed by atoms with E-state index in [9.17, 15) is 4.79 Å². The molecule has 0 aliphatic carbocycles. The standard InChI is InChI=1S/C25H26O3/c1-18-10-13-23(16-19(18)2)28-24(26)17-27-22-14-11-21(12-15-22)25(3,4)20-8-6-5-7-9-20/h5-16H,17H2,1-4H3. The Bertz CT molecular complexity index is 941. The fourth-order valence-corrected chi connectivity index (χ4v) is 3.07. The molecule has 144 valence electrons. The third kappa shape index (κ3) is 4.61. The van der Waals surface area contributed by atoms with E-state index in [4.69, 9.17) is 9.47 Å². The van der Waals surface area contributed by atoms with Gasteiger partial charge < -0.3 is 9.47 Å². The molecule has 0 N–H and O–H groups in total. The highest BCUT2D eigenvalue weighted by atomic mass is 16.6. The first kappa shape index (κ1) is 19.7. The van der Waals surface area contributed by atoms with Crippen LogP contribution < -0.4 is 9.47 Å². The Balaban J connectivity index is 1.60. The molecule has 0 aliphatic heterocycles. The fraction of sp³-hybridized carbons (Fsp3) is 0.240. The number of carbonyl (C=O) groups excluding carboxylic acids is 1. The molecular formula is C25H26O3. The van der Waals surface area contributed by atoms with E-state index < -0.39 is 5.97 Å². The van der Waals surface area contributed by atoms with Gasteiger partial charge in [0.2, 0.25) is 0 Å². The van der Waals surface area contributed by atoms with Crippen molar-refractivity contribution in [2.75, 3.05) is 6.61 Å². The zero-order chi connectivity index (χ0) is 20.1. The summed E-state index contributed by atoms with van der Waals surface area (Å²) < 4.78 is 10.9. The maximum Gasteiger partial charge on any atom is 0.349 e. The highest BCUT2D eigenvalue weighted by Crippen LogP contribution is 2.32. The molecule has 0 unspecified atom stereocenters. The van der Waals surface area contributed by atoms with Crippen molar-refractivity contribution in [1.82, 2.24) is 0 Å². The Morgan fingerprint density at radius 1 is 0.786 bits per heavy atom. The van der Waals surface area contributed by atoms with Crippen LogP contribution in [-0.2, 0) is 10.2 Å². The minimum atomic E-state index is -0.419. The molecule has 0 saturated carbocycles. The van der Waals surface area contributed by atoms with Gasteiger partial charge in [-0.25, -0.2) is 4.79 Å². The van der Waals surface area contributed by atoms with Gasteiger partial charge in [0.05, 0.1) is 0 Å². The van der Waals surface area contributed by atoms with Crippen molar-refractivity contribution in [3.8, 4) is 11.5 Å². The second-order valence-electron chi connectivity index (χ2n) is 7.52. The minimum Gasteiger partial charge on any atom is -0.482 e. The summed E-state index contributed by atoms with van der Waals surface area (Å²) in [5, 5.41) is 0. The van der Waals surface area contributed by atoms with Crippen molar-refractivity contribution in [2.24, 2.45) is 0 Å². The SMILES string of the molecule is Cc1ccc(OC(=O)COc2ccc(C(C)(C)c3ccccc3)cc2)cc1C. The zero-order valence-electron chi connectivity index (χ0n) is 16.9. The maximum absolute atomic E-state index is 12.0. The number of hydrogen-bond acceptors (Lipinski definition) is 3. The average Bonchev–Trinajstić information content (AvgIpc) is 2.70. The van der Waals surface area contributed by atoms with Crippen molar-refractivity contribution < 1.29 is 14.3 Å². The molecule has 3 aromatic carbocycles. The number of hydrogen-bond donors (Lipinski definition) is 0. The van der Waals surface area contributed by atoms with Gasteiger partial charge in [-0.15, -0.1) is 0 Å². The number of ether oxygens (including phenoxy) is 2. The normalized spacial score (nSPS) is 11.1. The molecule has 0 aromatic heterocycles. The maximum atomic E-state index is 12.0. The first-order valence-electron chi connectivity index (χ1n) is 9.43. The fourth-order valence-electron chi connectivity index (χ4n) is 3.07. The summed E-state index contributed by atoms with van der Waals surface area (Å²) in [4.78, 5) is 12.0. The summed E-state index contributed by atoms with van der Waals surface area (Å²) in [5.41, 5.74) is 4.57. The van der Waals surface area contributed by atoms with E-state index in [1.807, 2.05) is 56.3 Å². The van der Waals surface area contributed by atoms with E-state index in [0.29, 0.717) is 11.5 Å². The molecule has 0 fully saturated rings. The predicted octanol–water partition coefficient (Wildman–Crippen LogP) is 5.61. The highest BCUT2D eigenvalue weighted by Gasteiger charge is 2.22. The van der Waals surface area contributed by atoms with Gasteiger partial charge in [0.25, 0.3) is 0 Å². The number of rotatable bonds is 6. The van der Waals surface area contributed by atoms with Gasteiger partial charge in [0.15, 0.2) is 6.61 Å². The molecule has 0 saturated heterocycles. The van der Waals surface area contributed by atoms with Crippen LogP contribution in [-0.4, -0.2) is 12.6 Å². The van der Waals surface area contributed by atoms with Crippen LogP contribution in [0.25, 0.3) is 0 Å². The van der Waals surface area contributed by atoms with Crippen molar-refractivity contribution in [3.05, 3.63) is 95.1 Å². The Labute approximate surface area is 166 Å². The lowest BCUT2D eigenvalue weighted by Gasteiger charge is -2.26. The summed E-state index contributed by atoms with van der Waals surface area (Å²) in [6.45, 7) is 8.26. The van der Waals surface area contributed by atoms with Crippen LogP contribution in [0, 0.1) is 13.8 Å². The highest BCUT2D eigenvalue weighted by molar-refractivity contribution is 5.74. The molecule has 3 heteroatoms. The summed E-state index contributed by atoms with van der Waals surface area (Å²) in [5.74, 6) is 0.762. The molecule has 0 spiro atoms. The molecule has 3 rings (SSSR count). The van der Waals surface area contributed by atoms with Crippen LogP contribution in [0.15, 0.2) is 72.8 Å². The van der Waals surface area contributed by atoms with Gasteiger partial charge >= 0.3 is 5.97 Å². The summed E-state index contributed by atoms with van der Waals surface area (Å²) in [7, 11) is 0. The predicted molar refractivity (Wildman–Crippen MR) is 112 cm³/mol. The lowest BCUT2D eigenvalue weighted by Crippen LogP contribution is -2.19. The second-order valence-corrected chi connectivity index (χ2v) is 7.52. The lowest BCUT2D eigenvalue weighted by molar-refractivity contribution is -0.136. The molecule has 0 aliphatic rings. The largest absolute Gasteiger partial charge is 0.482 e. The van der Waals surface area contributed by atoms with Gasteiger partial charge in [-0.2, -0.15) is 0 Å². The topological polar surface area (TPSA) is 35.5 Å². The number of benzene rings is 3. The third-order valence-electron chi connectivity index (χ3n) is 5.14. The van der Waals surface area contributed by atoms with Crippen molar-refractivity contribution in [2.45, 2.75) is 33.1 Å². The summed E-state index contributed by atoms with van der Waals surface area (Å²) in [6, 6.07) is 23.8. The van der Waals surface area contributed by atoms with E-state index >= 15 is 0 Å². The smallest absolute Gasteiger partial charge is 0.349 e. The van der Waals surface area contributed by atoms with Crippen LogP contribution in [0.3, 0.4) is 0 Å². The third-order valence-corrected chi connectivity index (χ3v) is 5.14. The zero-order valence-corrected chi connectivity index (χ0v) is 16.9. The Morgan fingerprint density at radius 3 is 2.04 bits per heavy atom. The van der Waals surface area contributed by atoms with Crippen LogP contribution in [0.4, 0.5) is 0 Å². The molecular weight excluding hydrogens is 348 g/mol. The summed E-state index contributed by atoms with van der Waals surface area (Å²) in [6.07, 6.45) is 0. The molecule has 28 heavy (non-hydrogen) atoms. The minimum absolute atomic E-state index is 0.109. The van der Waals surface area contributed by atoms with Crippen LogP contribution >= 0.6 is 0 Å². The van der Waals surface area contributed by atoms with Crippen molar-refractivity contribution in [3.63, 3.8) is 0 Å². The molecule has 0 heterocycles. The van der Waals surface area contributed by atoms with Crippen molar-refractivity contribution >= 4 is 5.97 Å². The van der Waals surface area contributed by atoms with E-state index in [1.54, 1.807) is 6.07 Å². The number of esters is 1. The Morgan fingerprint density at radius 2 is 1.39 bits per heavy atom. The number of carbonyl (C=O) groups is 1. The monoisotopic (exact) mass is 374 g/mol.